The monoisotopic (exact) mass is 560 g/mol. The molecule has 0 radical (unpaired) electrons. The summed E-state index contributed by atoms with van der Waals surface area (Å²) in [7, 11) is 0. The lowest BCUT2D eigenvalue weighted by Gasteiger charge is -2.22. The van der Waals surface area contributed by atoms with Crippen LogP contribution in [0.1, 0.15) is 38.2 Å². The van der Waals surface area contributed by atoms with Gasteiger partial charge in [0.15, 0.2) is 11.5 Å². The van der Waals surface area contributed by atoms with Crippen molar-refractivity contribution in [1.29, 1.82) is 0 Å². The fourth-order valence-corrected chi connectivity index (χ4v) is 4.99. The number of carbonyl (C=O) groups is 3. The van der Waals surface area contributed by atoms with Gasteiger partial charge in [0.25, 0.3) is 11.1 Å². The molecule has 2 saturated heterocycles. The number of benzene rings is 1. The van der Waals surface area contributed by atoms with Gasteiger partial charge < -0.3 is 14.7 Å². The molecule has 10 heteroatoms. The maximum absolute atomic E-state index is 12.8. The zero-order valence-electron chi connectivity index (χ0n) is 16.5. The van der Waals surface area contributed by atoms with E-state index in [9.17, 15) is 19.5 Å². The van der Waals surface area contributed by atoms with E-state index < -0.39 is 11.1 Å². The van der Waals surface area contributed by atoms with Crippen molar-refractivity contribution in [2.45, 2.75) is 32.6 Å². The quantitative estimate of drug-likeness (QED) is 0.522. The molecule has 1 aromatic carbocycles. The number of hydrogen-bond acceptors (Lipinski definition) is 6. The second kappa shape index (κ2) is 10.2. The van der Waals surface area contributed by atoms with E-state index in [0.717, 1.165) is 42.3 Å². The number of halogens is 2. The summed E-state index contributed by atoms with van der Waals surface area (Å²) >= 11 is 7.48. The van der Waals surface area contributed by atoms with Gasteiger partial charge in [-0.15, -0.1) is 0 Å². The van der Waals surface area contributed by atoms with E-state index in [1.165, 1.54) is 0 Å². The molecule has 2 fully saturated rings. The lowest BCUT2D eigenvalue weighted by Crippen LogP contribution is -2.42. The molecule has 1 aromatic rings. The molecule has 0 aliphatic carbocycles. The van der Waals surface area contributed by atoms with Crippen LogP contribution in [0.3, 0.4) is 0 Å². The van der Waals surface area contributed by atoms with Crippen LogP contribution in [0, 0.1) is 0 Å². The molecular weight excluding hydrogens is 540 g/mol. The minimum absolute atomic E-state index is 0.0583. The summed E-state index contributed by atoms with van der Waals surface area (Å²) in [5, 5.41) is 9.71. The summed E-state index contributed by atoms with van der Waals surface area (Å²) in [6, 6.07) is 1.59. The third-order valence-corrected chi connectivity index (χ3v) is 7.95. The standard InChI is InChI=1S/C20H22Br2N2O5S/c1-2-29-13-9-12(16(21)17(22)18(13)26)10-14-19(27)24(20(28)30-14)11-15(25)23-7-5-3-4-6-8-23/h9-10,26H,2-8,11H2,1H3. The zero-order chi connectivity index (χ0) is 21.8. The molecule has 3 amide bonds. The second-order valence-corrected chi connectivity index (χ2v) is 9.52. The molecule has 1 N–H and O–H groups in total. The van der Waals surface area contributed by atoms with Crippen LogP contribution in [0.15, 0.2) is 19.9 Å². The molecule has 7 nitrogen and oxygen atoms in total. The first kappa shape index (κ1) is 23.1. The Labute approximate surface area is 196 Å². The van der Waals surface area contributed by atoms with Crippen LogP contribution in [0.25, 0.3) is 6.08 Å². The summed E-state index contributed by atoms with van der Waals surface area (Å²) in [6.07, 6.45) is 5.63. The largest absolute Gasteiger partial charge is 0.503 e. The van der Waals surface area contributed by atoms with Gasteiger partial charge in [-0.05, 0) is 81.1 Å². The number of phenolic OH excluding ortho intramolecular Hbond substituents is 1. The van der Waals surface area contributed by atoms with Gasteiger partial charge in [-0.1, -0.05) is 12.8 Å². The highest BCUT2D eigenvalue weighted by Gasteiger charge is 2.37. The average molecular weight is 562 g/mol. The first-order chi connectivity index (χ1) is 14.3. The predicted molar refractivity (Wildman–Crippen MR) is 122 cm³/mol. The van der Waals surface area contributed by atoms with Crippen LogP contribution in [0.4, 0.5) is 4.79 Å². The Morgan fingerprint density at radius 2 is 1.87 bits per heavy atom. The van der Waals surface area contributed by atoms with Gasteiger partial charge in [-0.2, -0.15) is 0 Å². The Balaban J connectivity index is 1.80. The first-order valence-electron chi connectivity index (χ1n) is 9.70. The number of amides is 3. The van der Waals surface area contributed by atoms with E-state index in [1.807, 2.05) is 0 Å². The Kier molecular flexibility index (Phi) is 7.86. The van der Waals surface area contributed by atoms with E-state index in [0.29, 0.717) is 34.2 Å². The molecular formula is C20H22Br2N2O5S. The number of hydrogen-bond donors (Lipinski definition) is 1. The van der Waals surface area contributed by atoms with Gasteiger partial charge in [-0.3, -0.25) is 19.3 Å². The van der Waals surface area contributed by atoms with Gasteiger partial charge in [0.05, 0.1) is 16.0 Å². The van der Waals surface area contributed by atoms with Crippen LogP contribution >= 0.6 is 43.6 Å². The number of ether oxygens (including phenoxy) is 1. The Morgan fingerprint density at radius 1 is 1.20 bits per heavy atom. The molecule has 0 saturated carbocycles. The van der Waals surface area contributed by atoms with Crippen LogP contribution in [-0.2, 0) is 9.59 Å². The van der Waals surface area contributed by atoms with Crippen LogP contribution in [0.2, 0.25) is 0 Å². The van der Waals surface area contributed by atoms with Gasteiger partial charge in [0.2, 0.25) is 5.91 Å². The first-order valence-corrected chi connectivity index (χ1v) is 12.1. The van der Waals surface area contributed by atoms with Gasteiger partial charge in [0.1, 0.15) is 6.54 Å². The number of carbonyl (C=O) groups excluding carboxylic acids is 3. The molecule has 0 atom stereocenters. The number of thioether (sulfide) groups is 1. The number of rotatable bonds is 5. The van der Waals surface area contributed by atoms with E-state index in [-0.39, 0.29) is 28.9 Å². The van der Waals surface area contributed by atoms with Crippen molar-refractivity contribution in [3.8, 4) is 11.5 Å². The maximum atomic E-state index is 12.8. The fraction of sp³-hybridized carbons (Fsp3) is 0.450. The van der Waals surface area contributed by atoms with Gasteiger partial charge >= 0.3 is 0 Å². The van der Waals surface area contributed by atoms with Crippen molar-refractivity contribution in [3.05, 3.63) is 25.5 Å². The lowest BCUT2D eigenvalue weighted by molar-refractivity contribution is -0.135. The molecule has 0 unspecified atom stereocenters. The number of imide groups is 1. The average Bonchev–Trinajstić information content (AvgIpc) is 2.92. The summed E-state index contributed by atoms with van der Waals surface area (Å²) < 4.78 is 6.34. The number of nitrogens with zero attached hydrogens (tertiary/aromatic N) is 2. The molecule has 2 aliphatic rings. The zero-order valence-corrected chi connectivity index (χ0v) is 20.4. The van der Waals surface area contributed by atoms with E-state index in [1.54, 1.807) is 24.0 Å². The number of likely N-dealkylation sites (tertiary alicyclic amines) is 1. The smallest absolute Gasteiger partial charge is 0.294 e. The van der Waals surface area contributed by atoms with E-state index in [4.69, 9.17) is 4.74 Å². The van der Waals surface area contributed by atoms with E-state index in [2.05, 4.69) is 31.9 Å². The van der Waals surface area contributed by atoms with Crippen molar-refractivity contribution < 1.29 is 24.2 Å². The highest BCUT2D eigenvalue weighted by molar-refractivity contribution is 9.13. The molecule has 2 heterocycles. The molecule has 0 bridgehead atoms. The summed E-state index contributed by atoms with van der Waals surface area (Å²) in [4.78, 5) is 40.8. The SMILES string of the molecule is CCOc1cc(C=C2SC(=O)N(CC(=O)N3CCCCCC3)C2=O)c(Br)c(Br)c1O. The van der Waals surface area contributed by atoms with E-state index >= 15 is 0 Å². The molecule has 30 heavy (non-hydrogen) atoms. The molecule has 0 spiro atoms. The predicted octanol–water partition coefficient (Wildman–Crippen LogP) is 4.75. The van der Waals surface area contributed by atoms with Gasteiger partial charge in [0, 0.05) is 17.6 Å². The van der Waals surface area contributed by atoms with Crippen molar-refractivity contribution in [1.82, 2.24) is 9.80 Å². The van der Waals surface area contributed by atoms with Crippen molar-refractivity contribution >= 4 is 66.8 Å². The van der Waals surface area contributed by atoms with Crippen LogP contribution < -0.4 is 4.74 Å². The Bertz CT molecular complexity index is 898. The molecule has 3 rings (SSSR count). The fourth-order valence-electron chi connectivity index (χ4n) is 3.32. The van der Waals surface area contributed by atoms with Crippen molar-refractivity contribution in [2.24, 2.45) is 0 Å². The Hall–Kier alpha value is -1.52. The normalized spacial score (nSPS) is 18.8. The van der Waals surface area contributed by atoms with Crippen LogP contribution in [0.5, 0.6) is 11.5 Å². The number of aromatic hydroxyl groups is 1. The molecule has 162 valence electrons. The lowest BCUT2D eigenvalue weighted by atomic mass is 10.2. The second-order valence-electron chi connectivity index (χ2n) is 6.94. The highest BCUT2D eigenvalue weighted by atomic mass is 79.9. The summed E-state index contributed by atoms with van der Waals surface area (Å²) in [6.45, 7) is 3.24. The Morgan fingerprint density at radius 3 is 2.50 bits per heavy atom. The third kappa shape index (κ3) is 5.03. The third-order valence-electron chi connectivity index (χ3n) is 4.89. The van der Waals surface area contributed by atoms with Crippen LogP contribution in [-0.4, -0.2) is 58.2 Å². The topological polar surface area (TPSA) is 87.2 Å². The number of phenols is 1. The van der Waals surface area contributed by atoms with Crippen molar-refractivity contribution in [3.63, 3.8) is 0 Å². The minimum atomic E-state index is -0.498. The minimum Gasteiger partial charge on any atom is -0.503 e. The highest BCUT2D eigenvalue weighted by Crippen LogP contribution is 2.43. The molecule has 2 aliphatic heterocycles. The molecule has 0 aromatic heterocycles. The van der Waals surface area contributed by atoms with Crippen molar-refractivity contribution in [2.75, 3.05) is 26.2 Å². The van der Waals surface area contributed by atoms with Gasteiger partial charge in [-0.25, -0.2) is 0 Å². The summed E-state index contributed by atoms with van der Waals surface area (Å²) in [5.41, 5.74) is 0.562. The maximum Gasteiger partial charge on any atom is 0.294 e. The summed E-state index contributed by atoms with van der Waals surface area (Å²) in [5.74, 6) is -0.499.